The van der Waals surface area contributed by atoms with Gasteiger partial charge < -0.3 is 10.0 Å². The van der Waals surface area contributed by atoms with Crippen LogP contribution < -0.4 is 0 Å². The molecule has 6 nitrogen and oxygen atoms in total. The van der Waals surface area contributed by atoms with Gasteiger partial charge in [-0.15, -0.1) is 11.3 Å². The third kappa shape index (κ3) is 4.81. The van der Waals surface area contributed by atoms with Crippen LogP contribution in [0, 0.1) is 11.3 Å². The maximum absolute atomic E-state index is 13.6. The number of carboxylic acid groups (broad SMARTS) is 1. The van der Waals surface area contributed by atoms with E-state index in [1.54, 1.807) is 4.90 Å². The maximum atomic E-state index is 13.6. The summed E-state index contributed by atoms with van der Waals surface area (Å²) >= 11 is 1.45. The molecule has 1 aliphatic carbocycles. The predicted molar refractivity (Wildman–Crippen MR) is 117 cm³/mol. The van der Waals surface area contributed by atoms with Crippen LogP contribution >= 0.6 is 11.3 Å². The van der Waals surface area contributed by atoms with E-state index in [2.05, 4.69) is 5.10 Å². The summed E-state index contributed by atoms with van der Waals surface area (Å²) in [5.74, 6) is -0.736. The number of carboxylic acids is 1. The zero-order chi connectivity index (χ0) is 23.8. The molecule has 1 N–H and O–H groups in total. The van der Waals surface area contributed by atoms with Crippen LogP contribution in [0.2, 0.25) is 0 Å². The van der Waals surface area contributed by atoms with Crippen LogP contribution in [-0.2, 0) is 35.3 Å². The number of amides is 1. The molecule has 0 bridgehead atoms. The number of aromatic nitrogens is 2. The second kappa shape index (κ2) is 9.12. The van der Waals surface area contributed by atoms with Gasteiger partial charge in [-0.1, -0.05) is 13.0 Å². The summed E-state index contributed by atoms with van der Waals surface area (Å²) in [5.41, 5.74) is -0.898. The Labute approximate surface area is 194 Å². The standard InChI is InChI=1S/C23H28F3N3O3S/c1-2-22(21(31)32)8-5-15(6-9-22)12-19(30)28-10-7-17-18(14-28)29(13-16-4-3-11-33-16)27-20(17)23(24,25)26/h3-4,11,15H,2,5-10,12-14H2,1H3,(H,31,32)/t15-,22-. The van der Waals surface area contributed by atoms with E-state index in [4.69, 9.17) is 0 Å². The fourth-order valence-corrected chi connectivity index (χ4v) is 5.82. The lowest BCUT2D eigenvalue weighted by Gasteiger charge is -2.37. The molecule has 33 heavy (non-hydrogen) atoms. The van der Waals surface area contributed by atoms with E-state index in [1.165, 1.54) is 16.0 Å². The van der Waals surface area contributed by atoms with Crippen molar-refractivity contribution in [1.29, 1.82) is 0 Å². The molecule has 0 aromatic carbocycles. The van der Waals surface area contributed by atoms with Crippen molar-refractivity contribution in [2.24, 2.45) is 11.3 Å². The molecule has 2 aromatic heterocycles. The molecule has 0 atom stereocenters. The number of halogens is 3. The number of aliphatic carboxylic acids is 1. The highest BCUT2D eigenvalue weighted by Crippen LogP contribution is 2.43. The van der Waals surface area contributed by atoms with Gasteiger partial charge in [0.15, 0.2) is 5.69 Å². The van der Waals surface area contributed by atoms with Crippen molar-refractivity contribution in [2.75, 3.05) is 6.54 Å². The van der Waals surface area contributed by atoms with Crippen LogP contribution in [0.5, 0.6) is 0 Å². The highest BCUT2D eigenvalue weighted by molar-refractivity contribution is 7.09. The van der Waals surface area contributed by atoms with E-state index in [1.807, 2.05) is 24.4 Å². The van der Waals surface area contributed by atoms with Gasteiger partial charge in [0.1, 0.15) is 0 Å². The Morgan fingerprint density at radius 1 is 1.30 bits per heavy atom. The van der Waals surface area contributed by atoms with Crippen molar-refractivity contribution < 1.29 is 27.9 Å². The number of hydrogen-bond acceptors (Lipinski definition) is 4. The van der Waals surface area contributed by atoms with Gasteiger partial charge in [0.05, 0.1) is 24.2 Å². The molecule has 0 spiro atoms. The van der Waals surface area contributed by atoms with Crippen LogP contribution in [-0.4, -0.2) is 38.2 Å². The highest BCUT2D eigenvalue weighted by atomic mass is 32.1. The number of fused-ring (bicyclic) bond motifs is 1. The van der Waals surface area contributed by atoms with Gasteiger partial charge in [-0.3, -0.25) is 14.3 Å². The summed E-state index contributed by atoms with van der Waals surface area (Å²) in [6.45, 7) is 2.48. The summed E-state index contributed by atoms with van der Waals surface area (Å²) < 4.78 is 42.2. The normalized spacial score (nSPS) is 23.4. The first-order chi connectivity index (χ1) is 15.6. The molecular weight excluding hydrogens is 455 g/mol. The molecule has 1 fully saturated rings. The van der Waals surface area contributed by atoms with Crippen molar-refractivity contribution in [1.82, 2.24) is 14.7 Å². The molecule has 4 rings (SSSR count). The number of rotatable bonds is 6. The maximum Gasteiger partial charge on any atom is 0.435 e. The summed E-state index contributed by atoms with van der Waals surface area (Å²) in [4.78, 5) is 27.2. The minimum atomic E-state index is -4.53. The van der Waals surface area contributed by atoms with Crippen molar-refractivity contribution in [3.8, 4) is 0 Å². The summed E-state index contributed by atoms with van der Waals surface area (Å²) in [7, 11) is 0. The molecule has 1 aliphatic heterocycles. The lowest BCUT2D eigenvalue weighted by molar-refractivity contribution is -0.152. The quantitative estimate of drug-likeness (QED) is 0.630. The smallest absolute Gasteiger partial charge is 0.435 e. The van der Waals surface area contributed by atoms with Gasteiger partial charge in [-0.2, -0.15) is 18.3 Å². The lowest BCUT2D eigenvalue weighted by Crippen LogP contribution is -2.39. The van der Waals surface area contributed by atoms with E-state index in [0.717, 1.165) is 4.88 Å². The van der Waals surface area contributed by atoms with E-state index >= 15 is 0 Å². The zero-order valence-corrected chi connectivity index (χ0v) is 19.3. The highest BCUT2D eigenvalue weighted by Gasteiger charge is 2.42. The first-order valence-corrected chi connectivity index (χ1v) is 12.2. The topological polar surface area (TPSA) is 75.4 Å². The number of alkyl halides is 3. The Morgan fingerprint density at radius 3 is 2.61 bits per heavy atom. The number of nitrogens with zero attached hydrogens (tertiary/aromatic N) is 3. The largest absolute Gasteiger partial charge is 0.481 e. The fraction of sp³-hybridized carbons (Fsp3) is 0.609. The van der Waals surface area contributed by atoms with Gasteiger partial charge in [0.2, 0.25) is 5.91 Å². The van der Waals surface area contributed by atoms with Crippen LogP contribution in [0.1, 0.15) is 67.3 Å². The molecule has 0 radical (unpaired) electrons. The molecule has 0 unspecified atom stereocenters. The molecule has 2 aliphatic rings. The third-order valence-corrected chi connectivity index (χ3v) is 8.16. The molecule has 3 heterocycles. The Kier molecular flexibility index (Phi) is 6.57. The van der Waals surface area contributed by atoms with Gasteiger partial charge in [0.25, 0.3) is 0 Å². The van der Waals surface area contributed by atoms with Crippen molar-refractivity contribution in [3.05, 3.63) is 39.3 Å². The lowest BCUT2D eigenvalue weighted by atomic mass is 9.68. The number of carbonyl (C=O) groups is 2. The van der Waals surface area contributed by atoms with E-state index in [-0.39, 0.29) is 43.4 Å². The second-order valence-electron chi connectivity index (χ2n) is 9.16. The number of carbonyl (C=O) groups excluding carboxylic acids is 1. The Balaban J connectivity index is 1.46. The predicted octanol–water partition coefficient (Wildman–Crippen LogP) is 4.96. The Bertz CT molecular complexity index is 1010. The minimum absolute atomic E-state index is 0.0811. The molecule has 180 valence electrons. The molecule has 2 aromatic rings. The van der Waals surface area contributed by atoms with E-state index in [9.17, 15) is 27.9 Å². The van der Waals surface area contributed by atoms with Crippen molar-refractivity contribution >= 4 is 23.2 Å². The molecule has 0 saturated heterocycles. The van der Waals surface area contributed by atoms with Crippen molar-refractivity contribution in [2.45, 2.75) is 71.1 Å². The molecule has 1 amide bonds. The Morgan fingerprint density at radius 2 is 2.03 bits per heavy atom. The van der Waals surface area contributed by atoms with Gasteiger partial charge in [-0.25, -0.2) is 0 Å². The van der Waals surface area contributed by atoms with Gasteiger partial charge in [-0.05, 0) is 55.9 Å². The second-order valence-corrected chi connectivity index (χ2v) is 10.2. The van der Waals surface area contributed by atoms with Gasteiger partial charge in [0, 0.05) is 23.4 Å². The number of hydrogen-bond donors (Lipinski definition) is 1. The average Bonchev–Trinajstić information content (AvgIpc) is 3.42. The van der Waals surface area contributed by atoms with Crippen LogP contribution in [0.4, 0.5) is 13.2 Å². The van der Waals surface area contributed by atoms with Crippen LogP contribution in [0.25, 0.3) is 0 Å². The average molecular weight is 484 g/mol. The molecule has 10 heteroatoms. The fourth-order valence-electron chi connectivity index (χ4n) is 5.13. The zero-order valence-electron chi connectivity index (χ0n) is 18.5. The summed E-state index contributed by atoms with van der Waals surface area (Å²) in [5, 5.41) is 15.3. The summed E-state index contributed by atoms with van der Waals surface area (Å²) in [6, 6.07) is 3.70. The SMILES string of the molecule is CC[C@]1(C(=O)O)CC[C@H](CC(=O)N2CCc3c(C(F)(F)F)nn(Cc4cccs4)c3C2)CC1. The summed E-state index contributed by atoms with van der Waals surface area (Å²) in [6.07, 6.45) is -1.04. The van der Waals surface area contributed by atoms with Crippen LogP contribution in [0.15, 0.2) is 17.5 Å². The molecular formula is C23H28F3N3O3S. The first kappa shape index (κ1) is 23.8. The minimum Gasteiger partial charge on any atom is -0.481 e. The van der Waals surface area contributed by atoms with Crippen molar-refractivity contribution in [3.63, 3.8) is 0 Å². The van der Waals surface area contributed by atoms with Crippen LogP contribution in [0.3, 0.4) is 0 Å². The Hall–Kier alpha value is -2.36. The monoisotopic (exact) mass is 483 g/mol. The first-order valence-electron chi connectivity index (χ1n) is 11.3. The van der Waals surface area contributed by atoms with Gasteiger partial charge >= 0.3 is 12.1 Å². The third-order valence-electron chi connectivity index (χ3n) is 7.30. The van der Waals surface area contributed by atoms with E-state index in [0.29, 0.717) is 44.2 Å². The number of thiophene rings is 1. The molecule has 1 saturated carbocycles. The van der Waals surface area contributed by atoms with E-state index < -0.39 is 23.3 Å².